The van der Waals surface area contributed by atoms with E-state index in [4.69, 9.17) is 5.11 Å². The molecule has 0 saturated heterocycles. The summed E-state index contributed by atoms with van der Waals surface area (Å²) < 4.78 is 0. The lowest BCUT2D eigenvalue weighted by atomic mass is 10.1. The molecule has 1 aromatic carbocycles. The van der Waals surface area contributed by atoms with Crippen molar-refractivity contribution in [1.82, 2.24) is 16.2 Å². The van der Waals surface area contributed by atoms with Crippen molar-refractivity contribution in [1.29, 1.82) is 0 Å². The molecule has 24 heavy (non-hydrogen) atoms. The molecule has 0 aliphatic rings. The summed E-state index contributed by atoms with van der Waals surface area (Å²) in [6.07, 6.45) is 3.02. The standard InChI is InChI=1S/C17H25N3O4/c21-11-10-18-16(23)8-4-5-9-17(24)20-19-15(13-22)12-14-6-2-1-3-7-14/h1-3,6-7,13,15,19,21H,4-5,8-12H2,(H,18,23)(H,20,24)/t15-/m0/s1. The van der Waals surface area contributed by atoms with Crippen LogP contribution >= 0.6 is 0 Å². The molecule has 0 fully saturated rings. The van der Waals surface area contributed by atoms with Crippen molar-refractivity contribution in [2.24, 2.45) is 0 Å². The molecule has 0 aromatic heterocycles. The second-order valence-electron chi connectivity index (χ2n) is 5.41. The molecule has 7 nitrogen and oxygen atoms in total. The first kappa shape index (κ1) is 19.8. The average Bonchev–Trinajstić information content (AvgIpc) is 2.61. The minimum atomic E-state index is -0.486. The van der Waals surface area contributed by atoms with Crippen LogP contribution in [0, 0.1) is 0 Å². The van der Waals surface area contributed by atoms with Gasteiger partial charge >= 0.3 is 0 Å². The predicted molar refractivity (Wildman–Crippen MR) is 89.8 cm³/mol. The Morgan fingerprint density at radius 3 is 2.38 bits per heavy atom. The molecule has 0 heterocycles. The van der Waals surface area contributed by atoms with Gasteiger partial charge in [0.25, 0.3) is 0 Å². The Kier molecular flexibility index (Phi) is 10.1. The van der Waals surface area contributed by atoms with Gasteiger partial charge in [0, 0.05) is 19.4 Å². The van der Waals surface area contributed by atoms with Crippen LogP contribution in [0.2, 0.25) is 0 Å². The molecule has 0 radical (unpaired) electrons. The van der Waals surface area contributed by atoms with Gasteiger partial charge in [0.05, 0.1) is 12.6 Å². The van der Waals surface area contributed by atoms with Crippen LogP contribution in [0.25, 0.3) is 0 Å². The van der Waals surface area contributed by atoms with Gasteiger partial charge in [-0.2, -0.15) is 0 Å². The van der Waals surface area contributed by atoms with Crippen LogP contribution in [0.1, 0.15) is 31.2 Å². The summed E-state index contributed by atoms with van der Waals surface area (Å²) >= 11 is 0. The molecule has 1 rings (SSSR count). The second kappa shape index (κ2) is 12.2. The first-order chi connectivity index (χ1) is 11.7. The van der Waals surface area contributed by atoms with E-state index in [1.807, 2.05) is 30.3 Å². The van der Waals surface area contributed by atoms with Crippen molar-refractivity contribution in [3.63, 3.8) is 0 Å². The van der Waals surface area contributed by atoms with Crippen LogP contribution in [-0.4, -0.2) is 42.4 Å². The number of aliphatic hydroxyl groups is 1. The van der Waals surface area contributed by atoms with E-state index in [1.165, 1.54) is 0 Å². The fourth-order valence-electron chi connectivity index (χ4n) is 2.09. The molecule has 0 saturated carbocycles. The molecule has 1 aromatic rings. The van der Waals surface area contributed by atoms with Crippen LogP contribution in [0.4, 0.5) is 0 Å². The van der Waals surface area contributed by atoms with Gasteiger partial charge < -0.3 is 15.2 Å². The highest BCUT2D eigenvalue weighted by molar-refractivity contribution is 5.77. The van der Waals surface area contributed by atoms with Crippen LogP contribution in [0.3, 0.4) is 0 Å². The minimum Gasteiger partial charge on any atom is -0.395 e. The number of hydrogen-bond donors (Lipinski definition) is 4. The van der Waals surface area contributed by atoms with Crippen LogP contribution in [0.5, 0.6) is 0 Å². The van der Waals surface area contributed by atoms with E-state index >= 15 is 0 Å². The number of aldehydes is 1. The molecular formula is C17H25N3O4. The second-order valence-corrected chi connectivity index (χ2v) is 5.41. The lowest BCUT2D eigenvalue weighted by Gasteiger charge is -2.13. The summed E-state index contributed by atoms with van der Waals surface area (Å²) in [7, 11) is 0. The Balaban J connectivity index is 2.15. The minimum absolute atomic E-state index is 0.0826. The van der Waals surface area contributed by atoms with Gasteiger partial charge in [0.15, 0.2) is 0 Å². The SMILES string of the molecule is O=C[C@H](Cc1ccccc1)NNC(=O)CCCCC(=O)NCCO. The number of aliphatic hydroxyl groups excluding tert-OH is 1. The van der Waals surface area contributed by atoms with Gasteiger partial charge in [0.1, 0.15) is 6.29 Å². The molecule has 4 N–H and O–H groups in total. The number of carbonyl (C=O) groups excluding carboxylic acids is 3. The van der Waals surface area contributed by atoms with Crippen LogP contribution < -0.4 is 16.2 Å². The number of rotatable bonds is 12. The van der Waals surface area contributed by atoms with E-state index in [-0.39, 0.29) is 31.4 Å². The maximum atomic E-state index is 11.7. The molecule has 132 valence electrons. The zero-order valence-corrected chi connectivity index (χ0v) is 13.7. The van der Waals surface area contributed by atoms with Crippen molar-refractivity contribution < 1.29 is 19.5 Å². The highest BCUT2D eigenvalue weighted by Gasteiger charge is 2.09. The number of unbranched alkanes of at least 4 members (excludes halogenated alkanes) is 1. The van der Waals surface area contributed by atoms with Crippen LogP contribution in [0.15, 0.2) is 30.3 Å². The molecule has 1 atom stereocenters. The summed E-state index contributed by atoms with van der Waals surface area (Å²) in [5, 5.41) is 11.1. The Labute approximate surface area is 141 Å². The predicted octanol–water partition coefficient (Wildman–Crippen LogP) is 0.0863. The average molecular weight is 335 g/mol. The van der Waals surface area contributed by atoms with Crippen LogP contribution in [-0.2, 0) is 20.8 Å². The number of hydrazine groups is 1. The Morgan fingerprint density at radius 1 is 1.08 bits per heavy atom. The van der Waals surface area contributed by atoms with Crippen molar-refractivity contribution in [2.75, 3.05) is 13.2 Å². The number of amides is 2. The normalized spacial score (nSPS) is 11.5. The van der Waals surface area contributed by atoms with E-state index in [0.717, 1.165) is 11.8 Å². The quantitative estimate of drug-likeness (QED) is 0.246. The monoisotopic (exact) mass is 335 g/mol. The van der Waals surface area contributed by atoms with E-state index in [0.29, 0.717) is 25.7 Å². The molecule has 0 aliphatic heterocycles. The molecule has 7 heteroatoms. The highest BCUT2D eigenvalue weighted by atomic mass is 16.3. The van der Waals surface area contributed by atoms with Gasteiger partial charge in [-0.15, -0.1) is 0 Å². The van der Waals surface area contributed by atoms with Gasteiger partial charge in [0.2, 0.25) is 11.8 Å². The topological polar surface area (TPSA) is 108 Å². The molecule has 0 bridgehead atoms. The summed E-state index contributed by atoms with van der Waals surface area (Å²) in [6.45, 7) is 0.165. The molecule has 0 aliphatic carbocycles. The maximum absolute atomic E-state index is 11.7. The first-order valence-electron chi connectivity index (χ1n) is 8.07. The number of nitrogens with one attached hydrogen (secondary N) is 3. The summed E-state index contributed by atoms with van der Waals surface area (Å²) in [5.74, 6) is -0.350. The third-order valence-corrected chi connectivity index (χ3v) is 3.35. The maximum Gasteiger partial charge on any atom is 0.234 e. The van der Waals surface area contributed by atoms with Crippen molar-refractivity contribution in [3.05, 3.63) is 35.9 Å². The Morgan fingerprint density at radius 2 is 1.75 bits per heavy atom. The number of carbonyl (C=O) groups is 3. The van der Waals surface area contributed by atoms with E-state index in [2.05, 4.69) is 16.2 Å². The van der Waals surface area contributed by atoms with Crippen molar-refractivity contribution in [3.8, 4) is 0 Å². The third-order valence-electron chi connectivity index (χ3n) is 3.35. The Bertz CT molecular complexity index is 508. The summed E-state index contributed by atoms with van der Waals surface area (Å²) in [6, 6.07) is 9.04. The highest BCUT2D eigenvalue weighted by Crippen LogP contribution is 2.02. The first-order valence-corrected chi connectivity index (χ1v) is 8.07. The lowest BCUT2D eigenvalue weighted by Crippen LogP contribution is -2.46. The molecular weight excluding hydrogens is 310 g/mol. The lowest BCUT2D eigenvalue weighted by molar-refractivity contribution is -0.124. The molecule has 2 amide bonds. The number of benzene rings is 1. The number of hydrogen-bond acceptors (Lipinski definition) is 5. The van der Waals surface area contributed by atoms with Gasteiger partial charge in [-0.25, -0.2) is 5.43 Å². The molecule has 0 spiro atoms. The van der Waals surface area contributed by atoms with E-state index in [9.17, 15) is 14.4 Å². The van der Waals surface area contributed by atoms with Gasteiger partial charge in [-0.1, -0.05) is 30.3 Å². The smallest absolute Gasteiger partial charge is 0.234 e. The fourth-order valence-corrected chi connectivity index (χ4v) is 2.09. The van der Waals surface area contributed by atoms with E-state index in [1.54, 1.807) is 0 Å². The van der Waals surface area contributed by atoms with Gasteiger partial charge in [-0.3, -0.25) is 15.0 Å². The zero-order valence-electron chi connectivity index (χ0n) is 13.7. The fraction of sp³-hybridized carbons (Fsp3) is 0.471. The molecule has 0 unspecified atom stereocenters. The largest absolute Gasteiger partial charge is 0.395 e. The van der Waals surface area contributed by atoms with Crippen molar-refractivity contribution in [2.45, 2.75) is 38.1 Å². The van der Waals surface area contributed by atoms with Crippen molar-refractivity contribution >= 4 is 18.1 Å². The van der Waals surface area contributed by atoms with E-state index < -0.39 is 6.04 Å². The third kappa shape index (κ3) is 9.02. The summed E-state index contributed by atoms with van der Waals surface area (Å²) in [5.41, 5.74) is 6.25. The zero-order chi connectivity index (χ0) is 17.6. The Hall–Kier alpha value is -2.25. The van der Waals surface area contributed by atoms with Gasteiger partial charge in [-0.05, 0) is 24.8 Å². The summed E-state index contributed by atoms with van der Waals surface area (Å²) in [4.78, 5) is 34.1.